The highest BCUT2D eigenvalue weighted by molar-refractivity contribution is 6.33. The van der Waals surface area contributed by atoms with Crippen LogP contribution in [0.5, 0.6) is 0 Å². The highest BCUT2D eigenvalue weighted by atomic mass is 35.5. The van der Waals surface area contributed by atoms with Gasteiger partial charge in [0.05, 0.1) is 5.02 Å². The van der Waals surface area contributed by atoms with Crippen molar-refractivity contribution in [3.05, 3.63) is 46.5 Å². The van der Waals surface area contributed by atoms with E-state index in [0.717, 1.165) is 21.7 Å². The zero-order valence-electron chi connectivity index (χ0n) is 7.97. The highest BCUT2D eigenvalue weighted by Gasteiger charge is 2.02. The van der Waals surface area contributed by atoms with Gasteiger partial charge in [-0.3, -0.25) is 0 Å². The fourth-order valence-electron chi connectivity index (χ4n) is 1.24. The van der Waals surface area contributed by atoms with Crippen LogP contribution in [0.1, 0.15) is 23.6 Å². The molecule has 0 bridgehead atoms. The van der Waals surface area contributed by atoms with E-state index in [1.165, 1.54) is 0 Å². The smallest absolute Gasteiger partial charge is 0.0513 e. The van der Waals surface area contributed by atoms with E-state index < -0.39 is 0 Å². The standard InChI is InChI=1S/C12H13Cl/c1-4-6-11-8-7-10(5-2)12(13)9(11)3/h4-8H,2H2,1,3H3/b6-4-. The summed E-state index contributed by atoms with van der Waals surface area (Å²) in [5, 5.41) is 0.797. The molecule has 0 amide bonds. The van der Waals surface area contributed by atoms with Crippen LogP contribution in [0.3, 0.4) is 0 Å². The first-order valence-corrected chi connectivity index (χ1v) is 4.62. The quantitative estimate of drug-likeness (QED) is 0.655. The average Bonchev–Trinajstić information content (AvgIpc) is 2.14. The molecule has 0 saturated heterocycles. The van der Waals surface area contributed by atoms with Gasteiger partial charge in [0.2, 0.25) is 0 Å². The molecule has 0 aliphatic carbocycles. The van der Waals surface area contributed by atoms with Crippen molar-refractivity contribution in [3.8, 4) is 0 Å². The maximum absolute atomic E-state index is 6.13. The van der Waals surface area contributed by atoms with Crippen molar-refractivity contribution >= 4 is 23.8 Å². The first kappa shape index (κ1) is 10.1. The molecule has 0 radical (unpaired) electrons. The van der Waals surface area contributed by atoms with E-state index in [9.17, 15) is 0 Å². The van der Waals surface area contributed by atoms with Gasteiger partial charge in [-0.15, -0.1) is 0 Å². The van der Waals surface area contributed by atoms with Crippen LogP contribution >= 0.6 is 11.6 Å². The molecule has 13 heavy (non-hydrogen) atoms. The van der Waals surface area contributed by atoms with Crippen LogP contribution in [0.15, 0.2) is 24.8 Å². The first-order valence-electron chi connectivity index (χ1n) is 4.25. The molecule has 0 aromatic heterocycles. The minimum atomic E-state index is 0.797. The van der Waals surface area contributed by atoms with E-state index in [1.807, 2.05) is 32.1 Å². The van der Waals surface area contributed by atoms with Gasteiger partial charge in [-0.25, -0.2) is 0 Å². The van der Waals surface area contributed by atoms with Crippen molar-refractivity contribution in [3.63, 3.8) is 0 Å². The highest BCUT2D eigenvalue weighted by Crippen LogP contribution is 2.25. The summed E-state index contributed by atoms with van der Waals surface area (Å²) in [4.78, 5) is 0. The summed E-state index contributed by atoms with van der Waals surface area (Å²) >= 11 is 6.13. The molecule has 0 N–H and O–H groups in total. The summed E-state index contributed by atoms with van der Waals surface area (Å²) in [5.74, 6) is 0. The summed E-state index contributed by atoms with van der Waals surface area (Å²) in [6.45, 7) is 7.72. The maximum Gasteiger partial charge on any atom is 0.0513 e. The molecule has 0 nitrogen and oxygen atoms in total. The van der Waals surface area contributed by atoms with Gasteiger partial charge in [0.15, 0.2) is 0 Å². The number of hydrogen-bond donors (Lipinski definition) is 0. The lowest BCUT2D eigenvalue weighted by atomic mass is 10.0. The molecule has 0 unspecified atom stereocenters. The Balaban J connectivity index is 3.30. The SMILES string of the molecule is C=Cc1ccc(/C=C\C)c(C)c1Cl. The van der Waals surface area contributed by atoms with E-state index >= 15 is 0 Å². The van der Waals surface area contributed by atoms with Crippen LogP contribution in [-0.4, -0.2) is 0 Å². The Morgan fingerprint density at radius 2 is 1.92 bits per heavy atom. The molecule has 0 spiro atoms. The third-order valence-electron chi connectivity index (χ3n) is 2.02. The molecule has 1 aromatic rings. The molecule has 1 rings (SSSR count). The molecular weight excluding hydrogens is 180 g/mol. The van der Waals surface area contributed by atoms with Gasteiger partial charge in [-0.2, -0.15) is 0 Å². The molecule has 0 saturated carbocycles. The van der Waals surface area contributed by atoms with Gasteiger partial charge in [-0.05, 0) is 30.5 Å². The zero-order chi connectivity index (χ0) is 9.84. The van der Waals surface area contributed by atoms with E-state index in [2.05, 4.69) is 12.6 Å². The maximum atomic E-state index is 6.13. The van der Waals surface area contributed by atoms with Crippen molar-refractivity contribution in [2.45, 2.75) is 13.8 Å². The fraction of sp³-hybridized carbons (Fsp3) is 0.167. The van der Waals surface area contributed by atoms with Crippen molar-refractivity contribution in [1.29, 1.82) is 0 Å². The number of hydrogen-bond acceptors (Lipinski definition) is 0. The second kappa shape index (κ2) is 4.29. The summed E-state index contributed by atoms with van der Waals surface area (Å²) < 4.78 is 0. The Bertz CT molecular complexity index is 348. The normalized spacial score (nSPS) is 10.7. The Labute approximate surface area is 84.5 Å². The Morgan fingerprint density at radius 1 is 1.31 bits per heavy atom. The Hall–Kier alpha value is -1.01. The van der Waals surface area contributed by atoms with E-state index in [4.69, 9.17) is 11.6 Å². The predicted octanol–water partition coefficient (Wildman–Crippen LogP) is 4.32. The largest absolute Gasteiger partial charge is 0.0984 e. The van der Waals surface area contributed by atoms with Crippen molar-refractivity contribution in [1.82, 2.24) is 0 Å². The summed E-state index contributed by atoms with van der Waals surface area (Å²) in [6, 6.07) is 4.04. The molecule has 1 aromatic carbocycles. The fourth-order valence-corrected chi connectivity index (χ4v) is 1.49. The summed E-state index contributed by atoms with van der Waals surface area (Å²) in [7, 11) is 0. The van der Waals surface area contributed by atoms with Gasteiger partial charge in [-0.1, -0.05) is 48.5 Å². The van der Waals surface area contributed by atoms with Crippen LogP contribution in [0.25, 0.3) is 12.2 Å². The molecule has 68 valence electrons. The summed E-state index contributed by atoms with van der Waals surface area (Å²) in [5.41, 5.74) is 3.27. The number of benzene rings is 1. The predicted molar refractivity (Wildman–Crippen MR) is 61.0 cm³/mol. The molecule has 0 aliphatic rings. The molecular formula is C12H13Cl. The second-order valence-electron chi connectivity index (χ2n) is 2.89. The van der Waals surface area contributed by atoms with Crippen molar-refractivity contribution < 1.29 is 0 Å². The lowest BCUT2D eigenvalue weighted by molar-refractivity contribution is 1.43. The van der Waals surface area contributed by atoms with Crippen LogP contribution in [-0.2, 0) is 0 Å². The van der Waals surface area contributed by atoms with Gasteiger partial charge in [0.25, 0.3) is 0 Å². The lowest BCUT2D eigenvalue weighted by Crippen LogP contribution is -1.85. The van der Waals surface area contributed by atoms with Gasteiger partial charge in [0.1, 0.15) is 0 Å². The third kappa shape index (κ3) is 2.02. The van der Waals surface area contributed by atoms with Crippen LogP contribution < -0.4 is 0 Å². The lowest BCUT2D eigenvalue weighted by Gasteiger charge is -2.05. The monoisotopic (exact) mass is 192 g/mol. The molecule has 0 atom stereocenters. The molecule has 0 fully saturated rings. The molecule has 0 heterocycles. The second-order valence-corrected chi connectivity index (χ2v) is 3.27. The van der Waals surface area contributed by atoms with E-state index in [-0.39, 0.29) is 0 Å². The van der Waals surface area contributed by atoms with Crippen molar-refractivity contribution in [2.24, 2.45) is 0 Å². The van der Waals surface area contributed by atoms with Crippen LogP contribution in [0, 0.1) is 6.92 Å². The molecule has 0 aliphatic heterocycles. The van der Waals surface area contributed by atoms with Gasteiger partial charge >= 0.3 is 0 Å². The summed E-state index contributed by atoms with van der Waals surface area (Å²) in [6.07, 6.45) is 5.83. The number of rotatable bonds is 2. The van der Waals surface area contributed by atoms with Gasteiger partial charge in [0, 0.05) is 0 Å². The number of allylic oxidation sites excluding steroid dienone is 1. The van der Waals surface area contributed by atoms with Crippen LogP contribution in [0.4, 0.5) is 0 Å². The first-order chi connectivity index (χ1) is 6.20. The zero-order valence-corrected chi connectivity index (χ0v) is 8.73. The van der Waals surface area contributed by atoms with E-state index in [0.29, 0.717) is 0 Å². The third-order valence-corrected chi connectivity index (χ3v) is 2.53. The average molecular weight is 193 g/mol. The topological polar surface area (TPSA) is 0 Å². The Morgan fingerprint density at radius 3 is 2.46 bits per heavy atom. The van der Waals surface area contributed by atoms with Gasteiger partial charge < -0.3 is 0 Å². The minimum Gasteiger partial charge on any atom is -0.0984 e. The molecule has 1 heteroatoms. The van der Waals surface area contributed by atoms with Crippen LogP contribution in [0.2, 0.25) is 5.02 Å². The minimum absolute atomic E-state index is 0.797. The van der Waals surface area contributed by atoms with Crippen molar-refractivity contribution in [2.75, 3.05) is 0 Å². The number of halogens is 1. The Kier molecular flexibility index (Phi) is 3.32. The van der Waals surface area contributed by atoms with E-state index in [1.54, 1.807) is 6.08 Å².